The molecule has 0 radical (unpaired) electrons. The van der Waals surface area contributed by atoms with E-state index >= 15 is 4.39 Å². The molecule has 38 heavy (non-hydrogen) atoms. The summed E-state index contributed by atoms with van der Waals surface area (Å²) < 4.78 is 22.8. The van der Waals surface area contributed by atoms with Crippen LogP contribution in [0.5, 0.6) is 5.75 Å². The number of halogens is 1. The minimum atomic E-state index is -0.610. The van der Waals surface area contributed by atoms with E-state index in [1.165, 1.54) is 34.8 Å². The second-order valence-corrected chi connectivity index (χ2v) is 9.48. The van der Waals surface area contributed by atoms with E-state index in [9.17, 15) is 4.79 Å². The zero-order chi connectivity index (χ0) is 27.0. The summed E-state index contributed by atoms with van der Waals surface area (Å²) in [5.41, 5.74) is 9.02. The highest BCUT2D eigenvalue weighted by Gasteiger charge is 2.25. The number of nitrogens with zero attached hydrogens (tertiary/aromatic N) is 6. The fraction of sp³-hybridized carbons (Fsp3) is 0.286. The molecular weight excluding hydrogens is 485 g/mol. The monoisotopic (exact) mass is 515 g/mol. The summed E-state index contributed by atoms with van der Waals surface area (Å²) >= 11 is 0. The molecule has 1 saturated carbocycles. The normalized spacial score (nSPS) is 13.5. The first-order valence-electron chi connectivity index (χ1n) is 12.4. The van der Waals surface area contributed by atoms with Crippen molar-refractivity contribution in [2.75, 3.05) is 38.4 Å². The highest BCUT2D eigenvalue weighted by atomic mass is 19.1. The summed E-state index contributed by atoms with van der Waals surface area (Å²) in [5.74, 6) is -0.0256. The summed E-state index contributed by atoms with van der Waals surface area (Å²) in [6.45, 7) is 2.61. The zero-order valence-corrected chi connectivity index (χ0v) is 21.8. The molecule has 1 aliphatic rings. The molecule has 1 fully saturated rings. The topological polar surface area (TPSA) is 102 Å². The molecule has 1 amide bonds. The number of likely N-dealkylation sites (N-methyl/N-ethyl adjacent to an activating group) is 2. The molecule has 0 unspecified atom stereocenters. The number of hydrogen-bond acceptors (Lipinski definition) is 7. The molecule has 196 valence electrons. The van der Waals surface area contributed by atoms with Crippen LogP contribution in [-0.2, 0) is 4.79 Å². The van der Waals surface area contributed by atoms with Crippen molar-refractivity contribution in [1.29, 1.82) is 0 Å². The highest BCUT2D eigenvalue weighted by molar-refractivity contribution is 6.02. The van der Waals surface area contributed by atoms with Gasteiger partial charge in [-0.05, 0) is 50.6 Å². The van der Waals surface area contributed by atoms with E-state index in [0.29, 0.717) is 35.1 Å². The van der Waals surface area contributed by atoms with Crippen molar-refractivity contribution >= 4 is 28.4 Å². The van der Waals surface area contributed by atoms with Crippen molar-refractivity contribution in [3.05, 3.63) is 66.3 Å². The summed E-state index contributed by atoms with van der Waals surface area (Å²) in [6.07, 6.45) is 6.98. The number of nitrogens with two attached hydrogens (primary N) is 1. The highest BCUT2D eigenvalue weighted by Crippen LogP contribution is 2.35. The molecule has 4 aromatic rings. The number of aromatic nitrogens is 4. The third kappa shape index (κ3) is 4.70. The molecule has 2 N–H and O–H groups in total. The Morgan fingerprint density at radius 2 is 2.03 bits per heavy atom. The van der Waals surface area contributed by atoms with E-state index in [1.54, 1.807) is 32.4 Å². The molecule has 10 heteroatoms. The van der Waals surface area contributed by atoms with Crippen LogP contribution in [0.2, 0.25) is 0 Å². The van der Waals surface area contributed by atoms with Gasteiger partial charge in [0.15, 0.2) is 11.5 Å². The fourth-order valence-electron chi connectivity index (χ4n) is 4.46. The second kappa shape index (κ2) is 10.2. The maximum atomic E-state index is 16.0. The number of aryl methyl sites for hydroxylation is 1. The number of nitrogen functional groups attached to an aromatic ring is 1. The molecule has 1 aliphatic carbocycles. The van der Waals surface area contributed by atoms with Crippen LogP contribution in [-0.4, -0.2) is 64.3 Å². The van der Waals surface area contributed by atoms with Crippen LogP contribution in [0, 0.1) is 12.7 Å². The maximum absolute atomic E-state index is 16.0. The third-order valence-corrected chi connectivity index (χ3v) is 6.88. The van der Waals surface area contributed by atoms with Crippen molar-refractivity contribution in [3.63, 3.8) is 0 Å². The first-order chi connectivity index (χ1) is 18.3. The molecule has 2 aromatic heterocycles. The third-order valence-electron chi connectivity index (χ3n) is 6.88. The molecule has 0 aliphatic heterocycles. The number of anilines is 2. The number of fused-ring (bicyclic) bond motifs is 1. The number of methoxy groups -OCH3 is 1. The van der Waals surface area contributed by atoms with E-state index in [2.05, 4.69) is 14.9 Å². The van der Waals surface area contributed by atoms with Crippen molar-refractivity contribution < 1.29 is 13.9 Å². The lowest BCUT2D eigenvalue weighted by Crippen LogP contribution is -2.26. The summed E-state index contributed by atoms with van der Waals surface area (Å²) in [6, 6.07) is 11.1. The van der Waals surface area contributed by atoms with Gasteiger partial charge in [-0.3, -0.25) is 9.69 Å². The lowest BCUT2D eigenvalue weighted by molar-refractivity contribution is -0.113. The fourth-order valence-corrected chi connectivity index (χ4v) is 4.46. The zero-order valence-electron chi connectivity index (χ0n) is 21.8. The lowest BCUT2D eigenvalue weighted by Gasteiger charge is -2.18. The van der Waals surface area contributed by atoms with Gasteiger partial charge < -0.3 is 15.4 Å². The Morgan fingerprint density at radius 1 is 1.24 bits per heavy atom. The van der Waals surface area contributed by atoms with E-state index in [0.717, 1.165) is 11.1 Å². The first-order valence-corrected chi connectivity index (χ1v) is 12.4. The average molecular weight is 516 g/mol. The Hall–Kier alpha value is -4.31. The predicted octanol–water partition coefficient (Wildman–Crippen LogP) is 4.13. The van der Waals surface area contributed by atoms with Gasteiger partial charge in [-0.15, -0.1) is 0 Å². The Labute approximate surface area is 220 Å². The van der Waals surface area contributed by atoms with Crippen LogP contribution in [0.15, 0.2) is 54.9 Å². The minimum absolute atomic E-state index is 0.122. The van der Waals surface area contributed by atoms with Gasteiger partial charge in [-0.25, -0.2) is 19.0 Å². The van der Waals surface area contributed by atoms with Crippen molar-refractivity contribution in [2.24, 2.45) is 0 Å². The van der Waals surface area contributed by atoms with Gasteiger partial charge in [0.25, 0.3) is 5.91 Å². The van der Waals surface area contributed by atoms with Crippen LogP contribution in [0.1, 0.15) is 18.4 Å². The van der Waals surface area contributed by atoms with Crippen molar-refractivity contribution in [2.45, 2.75) is 25.8 Å². The van der Waals surface area contributed by atoms with Crippen LogP contribution < -0.4 is 15.4 Å². The smallest absolute Gasteiger partial charge is 0.250 e. The van der Waals surface area contributed by atoms with Gasteiger partial charge in [0.05, 0.1) is 18.2 Å². The SMILES string of the molecule is COc1cc(-c2nn(-c3cccc(N(C)C(=O)/C=C/CN(C)C4CC4)c3F)c3ncnc(N)c23)ccc1C. The molecule has 2 aromatic carbocycles. The number of amides is 1. The van der Waals surface area contributed by atoms with Gasteiger partial charge in [0, 0.05) is 31.3 Å². The Bertz CT molecular complexity index is 1540. The van der Waals surface area contributed by atoms with Gasteiger partial charge in [-0.1, -0.05) is 24.3 Å². The number of ether oxygens (including phenoxy) is 1. The summed E-state index contributed by atoms with van der Waals surface area (Å²) in [7, 11) is 5.18. The second-order valence-electron chi connectivity index (χ2n) is 9.48. The van der Waals surface area contributed by atoms with Gasteiger partial charge in [0.1, 0.15) is 29.3 Å². The molecule has 0 saturated heterocycles. The van der Waals surface area contributed by atoms with Gasteiger partial charge in [-0.2, -0.15) is 5.10 Å². The first kappa shape index (κ1) is 25.3. The Morgan fingerprint density at radius 3 is 2.76 bits per heavy atom. The predicted molar refractivity (Wildman–Crippen MR) is 146 cm³/mol. The number of hydrogen-bond donors (Lipinski definition) is 1. The van der Waals surface area contributed by atoms with Crippen LogP contribution >= 0.6 is 0 Å². The molecule has 2 heterocycles. The van der Waals surface area contributed by atoms with Crippen LogP contribution in [0.4, 0.5) is 15.9 Å². The lowest BCUT2D eigenvalue weighted by atomic mass is 10.1. The van der Waals surface area contributed by atoms with E-state index in [-0.39, 0.29) is 23.1 Å². The van der Waals surface area contributed by atoms with Crippen molar-refractivity contribution in [3.8, 4) is 22.7 Å². The molecule has 0 bridgehead atoms. The number of carbonyl (C=O) groups excluding carboxylic acids is 1. The standard InChI is InChI=1S/C28H30FN7O2/c1-17-10-11-18(15-22(17)38-4)26-24-27(30)31-16-32-28(24)36(33-26)21-8-5-7-20(25(21)29)35(3)23(37)9-6-14-34(2)19-12-13-19/h5-11,15-16,19H,12-14H2,1-4H3,(H2,30,31,32)/b9-6+. The molecule has 9 nitrogen and oxygen atoms in total. The Kier molecular flexibility index (Phi) is 6.81. The van der Waals surface area contributed by atoms with E-state index < -0.39 is 5.82 Å². The Balaban J connectivity index is 1.53. The van der Waals surface area contributed by atoms with Crippen LogP contribution in [0.25, 0.3) is 28.0 Å². The molecule has 0 atom stereocenters. The average Bonchev–Trinajstić information content (AvgIpc) is 3.70. The van der Waals surface area contributed by atoms with Gasteiger partial charge in [0.2, 0.25) is 0 Å². The van der Waals surface area contributed by atoms with E-state index in [4.69, 9.17) is 15.6 Å². The molecule has 5 rings (SSSR count). The summed E-state index contributed by atoms with van der Waals surface area (Å²) in [4.78, 5) is 24.8. The van der Waals surface area contributed by atoms with Crippen LogP contribution in [0.3, 0.4) is 0 Å². The quantitative estimate of drug-likeness (QED) is 0.352. The summed E-state index contributed by atoms with van der Waals surface area (Å²) in [5, 5.41) is 5.20. The largest absolute Gasteiger partial charge is 0.496 e. The molecule has 0 spiro atoms. The molecular formula is C28H30FN7O2. The van der Waals surface area contributed by atoms with E-state index in [1.807, 2.05) is 38.2 Å². The minimum Gasteiger partial charge on any atom is -0.496 e. The van der Waals surface area contributed by atoms with Gasteiger partial charge >= 0.3 is 0 Å². The number of benzene rings is 2. The van der Waals surface area contributed by atoms with Crippen molar-refractivity contribution in [1.82, 2.24) is 24.6 Å². The number of carbonyl (C=O) groups is 1. The number of rotatable bonds is 8. The maximum Gasteiger partial charge on any atom is 0.250 e.